The molecule has 9 heteroatoms. The molecule has 0 N–H and O–H groups in total. The molecule has 0 rings (SSSR count). The average molecular weight is 1020 g/mol. The van der Waals surface area contributed by atoms with E-state index in [0.29, 0.717) is 17.4 Å². The summed E-state index contributed by atoms with van der Waals surface area (Å²) < 4.78 is 22.6. The molecule has 0 amide bonds. The van der Waals surface area contributed by atoms with Crippen molar-refractivity contribution in [3.8, 4) is 0 Å². The van der Waals surface area contributed by atoms with Crippen molar-refractivity contribution >= 4 is 17.9 Å². The standard InChI is InChI=1S/C64H111NO8/c1-6-8-10-12-14-16-18-20-22-24-26-27-28-29-30-31-32-33-34-35-37-38-40-42-44-46-48-50-52-54-61(66)71-58-60(59-72-64(63(68)69)70-57-56-65(3,4)5)73-62(67)55-53-51-49-47-45-43-41-39-36-25-23-21-19-17-15-13-11-9-7-2/h9,11,15,17,21,23-24,26,36,39,43,45,49,51,60,64H,6-8,10,12-14,16,18-20,22,25,27-35,37-38,40-42,44,46-48,50,52-59H2,1-5H3/b11-9-,17-15-,23-21-,26-24-,39-36-,45-43-,51-49-. The van der Waals surface area contributed by atoms with Gasteiger partial charge in [0.05, 0.1) is 40.3 Å². The number of quaternary nitrogens is 1. The van der Waals surface area contributed by atoms with E-state index in [4.69, 9.17) is 18.9 Å². The van der Waals surface area contributed by atoms with Gasteiger partial charge >= 0.3 is 11.9 Å². The molecule has 73 heavy (non-hydrogen) atoms. The summed E-state index contributed by atoms with van der Waals surface area (Å²) in [5.74, 6) is -2.40. The van der Waals surface area contributed by atoms with Crippen LogP contribution in [0.1, 0.15) is 245 Å². The number of hydrogen-bond donors (Lipinski definition) is 0. The van der Waals surface area contributed by atoms with Gasteiger partial charge in [-0.25, -0.2) is 0 Å². The second kappa shape index (κ2) is 54.7. The Morgan fingerprint density at radius 1 is 0.425 bits per heavy atom. The van der Waals surface area contributed by atoms with Crippen LogP contribution in [0.4, 0.5) is 0 Å². The van der Waals surface area contributed by atoms with E-state index in [1.165, 1.54) is 154 Å². The van der Waals surface area contributed by atoms with Gasteiger partial charge in [-0.15, -0.1) is 0 Å². The van der Waals surface area contributed by atoms with Crippen molar-refractivity contribution in [3.63, 3.8) is 0 Å². The number of likely N-dealkylation sites (N-methyl/N-ethyl adjacent to an activating group) is 1. The summed E-state index contributed by atoms with van der Waals surface area (Å²) in [5.41, 5.74) is 0. The zero-order chi connectivity index (χ0) is 53.4. The lowest BCUT2D eigenvalue weighted by atomic mass is 10.0. The lowest BCUT2D eigenvalue weighted by molar-refractivity contribution is -0.870. The normalized spacial score (nSPS) is 13.4. The maximum Gasteiger partial charge on any atom is 0.306 e. The van der Waals surface area contributed by atoms with Gasteiger partial charge in [-0.2, -0.15) is 0 Å². The average Bonchev–Trinajstić information content (AvgIpc) is 3.36. The third-order valence-electron chi connectivity index (χ3n) is 12.6. The fourth-order valence-electron chi connectivity index (χ4n) is 8.09. The Labute approximate surface area is 449 Å². The summed E-state index contributed by atoms with van der Waals surface area (Å²) in [7, 11) is 5.89. The van der Waals surface area contributed by atoms with Crippen LogP contribution in [0, 0.1) is 0 Å². The van der Waals surface area contributed by atoms with Gasteiger partial charge in [0, 0.05) is 12.8 Å². The van der Waals surface area contributed by atoms with Gasteiger partial charge in [0.2, 0.25) is 0 Å². The molecule has 0 aliphatic heterocycles. The number of nitrogens with zero attached hydrogens (tertiary/aromatic N) is 1. The Morgan fingerprint density at radius 2 is 0.808 bits per heavy atom. The molecule has 0 bridgehead atoms. The Hall–Kier alpha value is -3.53. The van der Waals surface area contributed by atoms with Gasteiger partial charge in [-0.1, -0.05) is 240 Å². The Morgan fingerprint density at radius 3 is 1.22 bits per heavy atom. The first-order valence-corrected chi connectivity index (χ1v) is 29.7. The number of carbonyl (C=O) groups is 3. The maximum atomic E-state index is 12.8. The Balaban J connectivity index is 4.24. The zero-order valence-corrected chi connectivity index (χ0v) is 47.7. The monoisotopic (exact) mass is 1020 g/mol. The summed E-state index contributed by atoms with van der Waals surface area (Å²) in [6.45, 7) is 4.56. The predicted octanol–water partition coefficient (Wildman–Crippen LogP) is 16.2. The molecule has 0 fully saturated rings. The highest BCUT2D eigenvalue weighted by Gasteiger charge is 2.21. The first-order chi connectivity index (χ1) is 35.6. The van der Waals surface area contributed by atoms with Crippen LogP contribution in [-0.2, 0) is 33.3 Å². The first kappa shape index (κ1) is 69.5. The maximum absolute atomic E-state index is 12.8. The van der Waals surface area contributed by atoms with Gasteiger partial charge < -0.3 is 33.3 Å². The van der Waals surface area contributed by atoms with Crippen molar-refractivity contribution in [3.05, 3.63) is 85.1 Å². The molecule has 420 valence electrons. The third kappa shape index (κ3) is 56.0. The number of carboxylic acids is 1. The van der Waals surface area contributed by atoms with Crippen molar-refractivity contribution in [2.24, 2.45) is 0 Å². The van der Waals surface area contributed by atoms with Crippen LogP contribution >= 0.6 is 0 Å². The van der Waals surface area contributed by atoms with Crippen molar-refractivity contribution in [2.75, 3.05) is 47.5 Å². The lowest BCUT2D eigenvalue weighted by Gasteiger charge is -2.26. The second-order valence-corrected chi connectivity index (χ2v) is 20.9. The number of rotatable bonds is 54. The summed E-state index contributed by atoms with van der Waals surface area (Å²) in [6.07, 6.45) is 69.5. The van der Waals surface area contributed by atoms with Crippen molar-refractivity contribution in [1.29, 1.82) is 0 Å². The Bertz CT molecular complexity index is 1470. The number of carbonyl (C=O) groups excluding carboxylic acids is 3. The number of esters is 2. The van der Waals surface area contributed by atoms with Crippen LogP contribution in [-0.4, -0.2) is 82.3 Å². The number of ether oxygens (including phenoxy) is 4. The number of carboxylic acid groups (broad SMARTS) is 1. The Kier molecular flexibility index (Phi) is 52.1. The van der Waals surface area contributed by atoms with Crippen LogP contribution in [0.15, 0.2) is 85.1 Å². The number of hydrogen-bond acceptors (Lipinski definition) is 8. The van der Waals surface area contributed by atoms with Crippen molar-refractivity contribution in [2.45, 2.75) is 257 Å². The molecule has 0 aromatic rings. The molecule has 2 atom stereocenters. The minimum absolute atomic E-state index is 0.120. The van der Waals surface area contributed by atoms with E-state index in [2.05, 4.69) is 86.8 Å². The van der Waals surface area contributed by atoms with E-state index < -0.39 is 24.3 Å². The fourth-order valence-corrected chi connectivity index (χ4v) is 8.09. The highest BCUT2D eigenvalue weighted by molar-refractivity contribution is 5.70. The van der Waals surface area contributed by atoms with Gasteiger partial charge in [0.15, 0.2) is 12.4 Å². The van der Waals surface area contributed by atoms with Gasteiger partial charge in [-0.3, -0.25) is 9.59 Å². The molecular weight excluding hydrogens is 911 g/mol. The highest BCUT2D eigenvalue weighted by Crippen LogP contribution is 2.16. The first-order valence-electron chi connectivity index (χ1n) is 29.7. The summed E-state index contributed by atoms with van der Waals surface area (Å²) >= 11 is 0. The zero-order valence-electron chi connectivity index (χ0n) is 47.7. The van der Waals surface area contributed by atoms with Crippen LogP contribution in [0.2, 0.25) is 0 Å². The highest BCUT2D eigenvalue weighted by atomic mass is 16.7. The minimum atomic E-state index is -1.64. The summed E-state index contributed by atoms with van der Waals surface area (Å²) in [6, 6.07) is 0. The number of unbranched alkanes of at least 4 members (excludes halogenated alkanes) is 25. The van der Waals surface area contributed by atoms with Crippen LogP contribution in [0.5, 0.6) is 0 Å². The topological polar surface area (TPSA) is 111 Å². The minimum Gasteiger partial charge on any atom is -0.545 e. The number of allylic oxidation sites excluding steroid dienone is 14. The van der Waals surface area contributed by atoms with E-state index in [9.17, 15) is 19.5 Å². The van der Waals surface area contributed by atoms with E-state index in [1.807, 2.05) is 33.3 Å². The molecule has 9 nitrogen and oxygen atoms in total. The van der Waals surface area contributed by atoms with Crippen molar-refractivity contribution in [1.82, 2.24) is 0 Å². The summed E-state index contributed by atoms with van der Waals surface area (Å²) in [5, 5.41) is 11.8. The molecule has 0 aliphatic rings. The van der Waals surface area contributed by atoms with Crippen molar-refractivity contribution < 1.29 is 42.9 Å². The number of aliphatic carboxylic acids is 1. The largest absolute Gasteiger partial charge is 0.545 e. The molecule has 0 aliphatic carbocycles. The van der Waals surface area contributed by atoms with E-state index in [0.717, 1.165) is 57.8 Å². The second-order valence-electron chi connectivity index (χ2n) is 20.9. The molecule has 0 saturated heterocycles. The molecule has 0 heterocycles. The molecule has 2 unspecified atom stereocenters. The van der Waals surface area contributed by atoms with Crippen LogP contribution in [0.3, 0.4) is 0 Å². The molecule has 0 radical (unpaired) electrons. The molecule has 0 saturated carbocycles. The lowest BCUT2D eigenvalue weighted by Crippen LogP contribution is -2.44. The molecule has 0 aromatic carbocycles. The van der Waals surface area contributed by atoms with Gasteiger partial charge in [-0.05, 0) is 77.0 Å². The fraction of sp³-hybridized carbons (Fsp3) is 0.734. The van der Waals surface area contributed by atoms with E-state index in [1.54, 1.807) is 0 Å². The summed E-state index contributed by atoms with van der Waals surface area (Å²) in [4.78, 5) is 37.2. The van der Waals surface area contributed by atoms with Gasteiger partial charge in [0.25, 0.3) is 0 Å². The van der Waals surface area contributed by atoms with Crippen LogP contribution in [0.25, 0.3) is 0 Å². The van der Waals surface area contributed by atoms with E-state index in [-0.39, 0.29) is 38.6 Å². The third-order valence-corrected chi connectivity index (χ3v) is 12.6. The molecule has 0 spiro atoms. The molecule has 0 aromatic heterocycles. The predicted molar refractivity (Wildman–Crippen MR) is 306 cm³/mol. The van der Waals surface area contributed by atoms with E-state index >= 15 is 0 Å². The van der Waals surface area contributed by atoms with Gasteiger partial charge in [0.1, 0.15) is 13.2 Å². The molecular formula is C64H111NO8. The quantitative estimate of drug-likeness (QED) is 0.0195. The van der Waals surface area contributed by atoms with Crippen LogP contribution < -0.4 is 5.11 Å². The smallest absolute Gasteiger partial charge is 0.306 e. The SMILES string of the molecule is CC/C=C\C/C=C\C/C=C\C/C=C\C/C=C\C/C=C\CCC(=O)OC(COC(=O)CCCCCCCCCCCCCCCCCCC/C=C\CCCCCCCCCC)COC(OCC[N+](C)(C)C)C(=O)[O-].